The number of carbonyl (C=O) groups is 1. The Morgan fingerprint density at radius 2 is 2.27 bits per heavy atom. The minimum absolute atomic E-state index is 0.295. The molecule has 4 nitrogen and oxygen atoms in total. The lowest BCUT2D eigenvalue weighted by Gasteiger charge is -2.06. The average molecular weight is 223 g/mol. The number of carbonyl (C=O) groups excluding carboxylic acids is 1. The number of aryl methyl sites for hydroxylation is 2. The summed E-state index contributed by atoms with van der Waals surface area (Å²) in [5.74, 6) is 0.772. The first-order valence-electron chi connectivity index (χ1n) is 4.94. The van der Waals surface area contributed by atoms with Gasteiger partial charge in [-0.05, 0) is 26.2 Å². The number of nitrogens with zero attached hydrogens (tertiary/aromatic N) is 2. The maximum absolute atomic E-state index is 10.7. The molecule has 0 aliphatic heterocycles. The van der Waals surface area contributed by atoms with Crippen LogP contribution < -0.4 is 5.73 Å². The van der Waals surface area contributed by atoms with Gasteiger partial charge in [0.2, 0.25) is 5.91 Å². The molecule has 0 radical (unpaired) electrons. The van der Waals surface area contributed by atoms with Crippen molar-refractivity contribution < 1.29 is 4.79 Å². The van der Waals surface area contributed by atoms with Crippen LogP contribution in [0.1, 0.15) is 23.5 Å². The van der Waals surface area contributed by atoms with Gasteiger partial charge in [-0.1, -0.05) is 11.8 Å². The van der Waals surface area contributed by atoms with Crippen LogP contribution in [0.2, 0.25) is 0 Å². The van der Waals surface area contributed by atoms with Crippen LogP contribution in [0.15, 0.2) is 5.03 Å². The molecule has 0 saturated carbocycles. The third-order valence-corrected chi connectivity index (χ3v) is 3.40. The topological polar surface area (TPSA) is 68.9 Å². The second-order valence-corrected chi connectivity index (χ2v) is 4.57. The van der Waals surface area contributed by atoms with Gasteiger partial charge in [-0.25, -0.2) is 9.97 Å². The van der Waals surface area contributed by atoms with Crippen LogP contribution in [-0.4, -0.2) is 21.6 Å². The van der Waals surface area contributed by atoms with Gasteiger partial charge in [0.25, 0.3) is 0 Å². The molecular formula is C10H13N3OS. The summed E-state index contributed by atoms with van der Waals surface area (Å²) in [5, 5.41) is 0.939. The first-order chi connectivity index (χ1) is 7.16. The van der Waals surface area contributed by atoms with Gasteiger partial charge in [-0.2, -0.15) is 0 Å². The van der Waals surface area contributed by atoms with E-state index in [0.29, 0.717) is 5.75 Å². The third-order valence-electron chi connectivity index (χ3n) is 2.36. The number of amides is 1. The molecule has 5 heteroatoms. The third kappa shape index (κ3) is 2.28. The molecule has 0 unspecified atom stereocenters. The van der Waals surface area contributed by atoms with Gasteiger partial charge in [0.15, 0.2) is 0 Å². The Kier molecular flexibility index (Phi) is 2.90. The first kappa shape index (κ1) is 10.4. The van der Waals surface area contributed by atoms with Crippen molar-refractivity contribution in [2.45, 2.75) is 31.2 Å². The lowest BCUT2D eigenvalue weighted by atomic mass is 10.3. The van der Waals surface area contributed by atoms with E-state index >= 15 is 0 Å². The zero-order chi connectivity index (χ0) is 10.8. The van der Waals surface area contributed by atoms with Crippen LogP contribution in [0.3, 0.4) is 0 Å². The number of fused-ring (bicyclic) bond motifs is 1. The van der Waals surface area contributed by atoms with Gasteiger partial charge in [-0.15, -0.1) is 0 Å². The number of hydrogen-bond acceptors (Lipinski definition) is 4. The van der Waals surface area contributed by atoms with Crippen LogP contribution in [-0.2, 0) is 17.6 Å². The van der Waals surface area contributed by atoms with Crippen molar-refractivity contribution in [3.8, 4) is 0 Å². The molecule has 1 aliphatic carbocycles. The maximum atomic E-state index is 10.7. The molecule has 0 spiro atoms. The summed E-state index contributed by atoms with van der Waals surface area (Å²) in [6.07, 6.45) is 3.19. The van der Waals surface area contributed by atoms with E-state index in [1.165, 1.54) is 17.3 Å². The summed E-state index contributed by atoms with van der Waals surface area (Å²) in [4.78, 5) is 19.5. The minimum atomic E-state index is -0.303. The van der Waals surface area contributed by atoms with Gasteiger partial charge >= 0.3 is 0 Å². The number of aromatic nitrogens is 2. The summed E-state index contributed by atoms with van der Waals surface area (Å²) < 4.78 is 0. The van der Waals surface area contributed by atoms with E-state index in [4.69, 9.17) is 5.73 Å². The van der Waals surface area contributed by atoms with E-state index in [1.807, 2.05) is 6.92 Å². The number of primary amides is 1. The summed E-state index contributed by atoms with van der Waals surface area (Å²) >= 11 is 1.42. The fourth-order valence-corrected chi connectivity index (χ4v) is 2.64. The molecular weight excluding hydrogens is 210 g/mol. The van der Waals surface area contributed by atoms with Crippen molar-refractivity contribution in [1.82, 2.24) is 9.97 Å². The van der Waals surface area contributed by atoms with Crippen LogP contribution in [0, 0.1) is 6.92 Å². The van der Waals surface area contributed by atoms with Gasteiger partial charge < -0.3 is 5.73 Å². The Bertz CT molecular complexity index is 406. The molecule has 2 rings (SSSR count). The zero-order valence-electron chi connectivity index (χ0n) is 8.62. The minimum Gasteiger partial charge on any atom is -0.369 e. The van der Waals surface area contributed by atoms with Crippen LogP contribution in [0.4, 0.5) is 0 Å². The van der Waals surface area contributed by atoms with E-state index in [-0.39, 0.29) is 5.91 Å². The fourth-order valence-electron chi connectivity index (χ4n) is 1.78. The van der Waals surface area contributed by atoms with Crippen LogP contribution >= 0.6 is 11.8 Å². The summed E-state index contributed by atoms with van der Waals surface area (Å²) in [5.41, 5.74) is 7.48. The van der Waals surface area contributed by atoms with Gasteiger partial charge in [0, 0.05) is 11.3 Å². The Balaban J connectivity index is 2.26. The standard InChI is InChI=1S/C10H13N3OS/c1-6-12-8-4-2-3-7(8)10(13-6)15-5-9(11)14/h2-5H2,1H3,(H2,11,14). The Morgan fingerprint density at radius 3 is 3.00 bits per heavy atom. The van der Waals surface area contributed by atoms with E-state index in [0.717, 1.165) is 35.8 Å². The van der Waals surface area contributed by atoms with Crippen LogP contribution in [0.5, 0.6) is 0 Å². The fraction of sp³-hybridized carbons (Fsp3) is 0.500. The Labute approximate surface area is 92.7 Å². The molecule has 1 aliphatic rings. The molecule has 0 saturated heterocycles. The molecule has 0 fully saturated rings. The zero-order valence-corrected chi connectivity index (χ0v) is 9.43. The predicted octanol–water partition coefficient (Wildman–Crippen LogP) is 0.851. The molecule has 0 bridgehead atoms. The average Bonchev–Trinajstić information content (AvgIpc) is 2.61. The molecule has 0 atom stereocenters. The molecule has 1 aromatic rings. The SMILES string of the molecule is Cc1nc2c(c(SCC(N)=O)n1)CCC2. The lowest BCUT2D eigenvalue weighted by Crippen LogP contribution is -2.13. The van der Waals surface area contributed by atoms with Gasteiger partial charge in [0.1, 0.15) is 10.9 Å². The largest absolute Gasteiger partial charge is 0.369 e. The van der Waals surface area contributed by atoms with Crippen molar-refractivity contribution in [3.05, 3.63) is 17.1 Å². The van der Waals surface area contributed by atoms with Crippen molar-refractivity contribution in [2.75, 3.05) is 5.75 Å². The monoisotopic (exact) mass is 223 g/mol. The summed E-state index contributed by atoms with van der Waals surface area (Å²) in [7, 11) is 0. The normalized spacial score (nSPS) is 13.9. The highest BCUT2D eigenvalue weighted by Gasteiger charge is 2.18. The summed E-state index contributed by atoms with van der Waals surface area (Å²) in [6, 6.07) is 0. The Morgan fingerprint density at radius 1 is 1.47 bits per heavy atom. The van der Waals surface area contributed by atoms with Crippen LogP contribution in [0.25, 0.3) is 0 Å². The summed E-state index contributed by atoms with van der Waals surface area (Å²) in [6.45, 7) is 1.88. The molecule has 0 aromatic carbocycles. The lowest BCUT2D eigenvalue weighted by molar-refractivity contribution is -0.115. The highest BCUT2D eigenvalue weighted by molar-refractivity contribution is 7.99. The van der Waals surface area contributed by atoms with E-state index in [2.05, 4.69) is 9.97 Å². The highest BCUT2D eigenvalue weighted by Crippen LogP contribution is 2.29. The number of thioether (sulfide) groups is 1. The quantitative estimate of drug-likeness (QED) is 0.609. The maximum Gasteiger partial charge on any atom is 0.227 e. The van der Waals surface area contributed by atoms with E-state index < -0.39 is 0 Å². The van der Waals surface area contributed by atoms with E-state index in [9.17, 15) is 4.79 Å². The van der Waals surface area contributed by atoms with Gasteiger partial charge in [0.05, 0.1) is 5.75 Å². The van der Waals surface area contributed by atoms with Crippen molar-refractivity contribution in [2.24, 2.45) is 5.73 Å². The Hall–Kier alpha value is -1.10. The van der Waals surface area contributed by atoms with Crippen molar-refractivity contribution >= 4 is 17.7 Å². The number of hydrogen-bond donors (Lipinski definition) is 1. The molecule has 1 amide bonds. The van der Waals surface area contributed by atoms with E-state index in [1.54, 1.807) is 0 Å². The molecule has 80 valence electrons. The molecule has 1 aromatic heterocycles. The van der Waals surface area contributed by atoms with Crippen molar-refractivity contribution in [1.29, 1.82) is 0 Å². The molecule has 1 heterocycles. The highest BCUT2D eigenvalue weighted by atomic mass is 32.2. The van der Waals surface area contributed by atoms with Crippen molar-refractivity contribution in [3.63, 3.8) is 0 Å². The smallest absolute Gasteiger partial charge is 0.227 e. The molecule has 15 heavy (non-hydrogen) atoms. The predicted molar refractivity (Wildman–Crippen MR) is 58.7 cm³/mol. The molecule has 2 N–H and O–H groups in total. The first-order valence-corrected chi connectivity index (χ1v) is 5.93. The second-order valence-electron chi connectivity index (χ2n) is 3.61. The second kappa shape index (κ2) is 4.18. The van der Waals surface area contributed by atoms with Gasteiger partial charge in [-0.3, -0.25) is 4.79 Å². The number of nitrogens with two attached hydrogens (primary N) is 1. The number of rotatable bonds is 3.